The van der Waals surface area contributed by atoms with Crippen LogP contribution in [0.5, 0.6) is 0 Å². The van der Waals surface area contributed by atoms with E-state index in [9.17, 15) is 63.0 Å². The molecule has 0 unspecified atom stereocenters. The Morgan fingerprint density at radius 2 is 0.927 bits per heavy atom. The molecule has 0 aromatic rings. The summed E-state index contributed by atoms with van der Waals surface area (Å²) >= 11 is 0. The van der Waals surface area contributed by atoms with E-state index in [0.29, 0.717) is 12.3 Å². The lowest BCUT2D eigenvalue weighted by Gasteiger charge is -2.29. The van der Waals surface area contributed by atoms with Crippen LogP contribution in [0.25, 0.3) is 0 Å². The van der Waals surface area contributed by atoms with Crippen LogP contribution in [0.1, 0.15) is 139 Å². The zero-order valence-electron chi connectivity index (χ0n) is 49.4. The van der Waals surface area contributed by atoms with Crippen molar-refractivity contribution in [3.05, 3.63) is 0 Å². The number of hydrogen-bond donors (Lipinski definition) is 18. The van der Waals surface area contributed by atoms with Crippen LogP contribution >= 0.6 is 0 Å². The van der Waals surface area contributed by atoms with Gasteiger partial charge in [0.15, 0.2) is 0 Å². The SMILES string of the molecule is CC(C)CCCCCC(=O)N[C@@H](CCN)C(=O)N[C@H](C(=O)N[C@@H](CCN)C(=O)N[C@H]1CCNC(=O)[C@H]([C@H](C)O)NC(=O)[C@H](CCN)NC(=O)[C@H](CCN)NC(=O)[C@H](CC(C)C)NC(=O)[C@@H](CC(C)C)NC(=O)[C@H](CCN)NC1=O)[C@H](C)O. The molecule has 23 N–H and O–H groups in total. The number of carbonyl (C=O) groups excluding carboxylic acids is 11. The lowest BCUT2D eigenvalue weighted by molar-refractivity contribution is -0.137. The molecule has 470 valence electrons. The summed E-state index contributed by atoms with van der Waals surface area (Å²) in [6, 6.07) is -14.5. The number of unbranched alkanes of at least 4 members (excludes halogenated alkanes) is 2. The van der Waals surface area contributed by atoms with E-state index in [-0.39, 0.29) is 95.9 Å². The van der Waals surface area contributed by atoms with Gasteiger partial charge in [-0.3, -0.25) is 52.7 Å². The topological polar surface area (TPSA) is 491 Å². The smallest absolute Gasteiger partial charge is 0.245 e. The van der Waals surface area contributed by atoms with Gasteiger partial charge in [0, 0.05) is 13.0 Å². The molecule has 0 aromatic heterocycles. The van der Waals surface area contributed by atoms with Crippen LogP contribution in [-0.4, -0.2) is 187 Å². The van der Waals surface area contributed by atoms with Gasteiger partial charge in [-0.05, 0) is 122 Å². The second-order valence-electron chi connectivity index (χ2n) is 22.2. The summed E-state index contributed by atoms with van der Waals surface area (Å²) < 4.78 is 0. The molecular formula is C53H100N16O13. The number of nitrogens with one attached hydrogen (secondary N) is 11. The first-order chi connectivity index (χ1) is 38.6. The minimum atomic E-state index is -1.69. The molecule has 0 radical (unpaired) electrons. The Labute approximate surface area is 482 Å². The van der Waals surface area contributed by atoms with Crippen molar-refractivity contribution in [2.24, 2.45) is 46.4 Å². The van der Waals surface area contributed by atoms with Gasteiger partial charge in [-0.2, -0.15) is 0 Å². The predicted molar refractivity (Wildman–Crippen MR) is 305 cm³/mol. The number of aliphatic hydroxyl groups is 2. The van der Waals surface area contributed by atoms with Crippen molar-refractivity contribution in [1.82, 2.24) is 58.5 Å². The van der Waals surface area contributed by atoms with Gasteiger partial charge in [0.2, 0.25) is 65.0 Å². The lowest BCUT2D eigenvalue weighted by atomic mass is 9.99. The van der Waals surface area contributed by atoms with Crippen molar-refractivity contribution in [2.75, 3.05) is 39.3 Å². The van der Waals surface area contributed by atoms with Crippen LogP contribution in [0.4, 0.5) is 0 Å². The predicted octanol–water partition coefficient (Wildman–Crippen LogP) is -5.44. The number of amides is 11. The second-order valence-corrected chi connectivity index (χ2v) is 22.2. The maximum absolute atomic E-state index is 14.4. The molecular weight excluding hydrogens is 1070 g/mol. The molecule has 12 atom stereocenters. The molecule has 82 heavy (non-hydrogen) atoms. The largest absolute Gasteiger partial charge is 0.391 e. The number of hydrogen-bond acceptors (Lipinski definition) is 18. The van der Waals surface area contributed by atoms with Gasteiger partial charge < -0.3 is 97.4 Å². The summed E-state index contributed by atoms with van der Waals surface area (Å²) in [6.07, 6.45) is -0.749. The van der Waals surface area contributed by atoms with Crippen LogP contribution in [-0.2, 0) is 52.7 Å². The Kier molecular flexibility index (Phi) is 35.5. The summed E-state index contributed by atoms with van der Waals surface area (Å²) in [6.45, 7) is 12.7. The molecule has 1 saturated heterocycles. The van der Waals surface area contributed by atoms with E-state index in [1.807, 2.05) is 0 Å². The summed E-state index contributed by atoms with van der Waals surface area (Å²) in [5.74, 6) is -9.47. The van der Waals surface area contributed by atoms with E-state index >= 15 is 0 Å². The van der Waals surface area contributed by atoms with Gasteiger partial charge in [0.05, 0.1) is 12.2 Å². The highest BCUT2D eigenvalue weighted by Crippen LogP contribution is 2.13. The monoisotopic (exact) mass is 1170 g/mol. The van der Waals surface area contributed by atoms with Gasteiger partial charge in [0.1, 0.15) is 60.4 Å². The Morgan fingerprint density at radius 3 is 1.35 bits per heavy atom. The van der Waals surface area contributed by atoms with Gasteiger partial charge in [-0.15, -0.1) is 0 Å². The van der Waals surface area contributed by atoms with E-state index in [1.165, 1.54) is 13.8 Å². The zero-order chi connectivity index (χ0) is 62.2. The fraction of sp³-hybridized carbons (Fsp3) is 0.792. The molecule has 0 saturated carbocycles. The molecule has 11 amide bonds. The molecule has 1 heterocycles. The number of nitrogens with two attached hydrogens (primary N) is 5. The first-order valence-corrected chi connectivity index (χ1v) is 28.8. The zero-order valence-corrected chi connectivity index (χ0v) is 49.4. The van der Waals surface area contributed by atoms with Crippen molar-refractivity contribution >= 4 is 65.0 Å². The summed E-state index contributed by atoms with van der Waals surface area (Å²) in [7, 11) is 0. The normalized spacial score (nSPS) is 23.1. The Hall–Kier alpha value is -6.11. The highest BCUT2D eigenvalue weighted by atomic mass is 16.3. The van der Waals surface area contributed by atoms with Crippen LogP contribution in [0.3, 0.4) is 0 Å². The van der Waals surface area contributed by atoms with E-state index in [2.05, 4.69) is 72.3 Å². The lowest BCUT2D eigenvalue weighted by Crippen LogP contribution is -2.62. The molecule has 0 spiro atoms. The Morgan fingerprint density at radius 1 is 0.488 bits per heavy atom. The van der Waals surface area contributed by atoms with Gasteiger partial charge >= 0.3 is 0 Å². The van der Waals surface area contributed by atoms with Gasteiger partial charge in [0.25, 0.3) is 0 Å². The Balaban J connectivity index is 3.81. The van der Waals surface area contributed by atoms with Gasteiger partial charge in [-0.25, -0.2) is 0 Å². The number of aliphatic hydroxyl groups excluding tert-OH is 2. The molecule has 29 nitrogen and oxygen atoms in total. The molecule has 1 rings (SSSR count). The standard InChI is InChI=1S/C53H100N16O13/c1-28(2)12-10-9-11-13-41(72)60-33(14-20-54)48(77)69-43(32(8)71)53(82)65-36(17-23-57)45(74)64-38-19-25-59-52(81)42(31(7)70)68-49(78)37(18-24-58)62-44(73)34(15-21-55)63-50(79)39(26-29(3)4)67-51(80)40(27-30(5)6)66-46(75)35(16-22-56)61-47(38)76/h28-40,42-43,70-71H,9-27,54-58H2,1-8H3,(H,59,81)(H,60,72)(H,61,76)(H,62,73)(H,63,79)(H,64,74)(H,65,82)(H,66,75)(H,67,80)(H,68,78)(H,69,77)/t31-,32-,33-,34-,35-,36-,37-,38-,39-,40+,42-,43-/m0/s1. The molecule has 29 heteroatoms. The highest BCUT2D eigenvalue weighted by Gasteiger charge is 2.37. The van der Waals surface area contributed by atoms with E-state index in [1.54, 1.807) is 27.7 Å². The molecule has 1 aliphatic heterocycles. The maximum Gasteiger partial charge on any atom is 0.245 e. The quantitative estimate of drug-likeness (QED) is 0.0311. The van der Waals surface area contributed by atoms with E-state index in [0.717, 1.165) is 19.3 Å². The van der Waals surface area contributed by atoms with E-state index < -0.39 is 151 Å². The maximum atomic E-state index is 14.4. The average molecular weight is 1170 g/mol. The van der Waals surface area contributed by atoms with Crippen molar-refractivity contribution in [2.45, 2.75) is 211 Å². The minimum absolute atomic E-state index is 0.0126. The third-order valence-electron chi connectivity index (χ3n) is 13.3. The summed E-state index contributed by atoms with van der Waals surface area (Å²) in [4.78, 5) is 153. The fourth-order valence-electron chi connectivity index (χ4n) is 8.80. The Bertz CT molecular complexity index is 2060. The highest BCUT2D eigenvalue weighted by molar-refractivity contribution is 5.99. The molecule has 1 aliphatic rings. The summed E-state index contributed by atoms with van der Waals surface area (Å²) in [5, 5.41) is 49.5. The van der Waals surface area contributed by atoms with Crippen LogP contribution in [0.15, 0.2) is 0 Å². The molecule has 0 bridgehead atoms. The van der Waals surface area contributed by atoms with Gasteiger partial charge in [-0.1, -0.05) is 60.8 Å². The molecule has 0 aromatic carbocycles. The third-order valence-corrected chi connectivity index (χ3v) is 13.3. The molecule has 0 aliphatic carbocycles. The third kappa shape index (κ3) is 27.8. The van der Waals surface area contributed by atoms with Crippen LogP contribution < -0.4 is 87.2 Å². The fourth-order valence-corrected chi connectivity index (χ4v) is 8.80. The van der Waals surface area contributed by atoms with Crippen LogP contribution in [0.2, 0.25) is 0 Å². The van der Waals surface area contributed by atoms with Crippen molar-refractivity contribution in [3.8, 4) is 0 Å². The minimum Gasteiger partial charge on any atom is -0.391 e. The van der Waals surface area contributed by atoms with E-state index in [4.69, 9.17) is 28.7 Å². The second kappa shape index (κ2) is 39.4. The van der Waals surface area contributed by atoms with Crippen molar-refractivity contribution in [3.63, 3.8) is 0 Å². The number of rotatable bonds is 29. The van der Waals surface area contributed by atoms with Crippen LogP contribution in [0, 0.1) is 17.8 Å². The first-order valence-electron chi connectivity index (χ1n) is 28.8. The first kappa shape index (κ1) is 73.9. The summed E-state index contributed by atoms with van der Waals surface area (Å²) in [5.41, 5.74) is 29.2. The van der Waals surface area contributed by atoms with Crippen molar-refractivity contribution in [1.29, 1.82) is 0 Å². The number of carbonyl (C=O) groups is 11. The van der Waals surface area contributed by atoms with Crippen molar-refractivity contribution < 1.29 is 63.0 Å². The molecule has 1 fully saturated rings. The average Bonchev–Trinajstić information content (AvgIpc) is 3.38.